The molecule has 6 nitrogen and oxygen atoms in total. The number of hydrogen-bond acceptors (Lipinski definition) is 5. The van der Waals surface area contributed by atoms with Crippen molar-refractivity contribution in [2.75, 3.05) is 5.32 Å². The number of aromatic nitrogens is 1. The number of benzene rings is 1. The molecule has 0 saturated heterocycles. The van der Waals surface area contributed by atoms with Gasteiger partial charge in [-0.2, -0.15) is 0 Å². The van der Waals surface area contributed by atoms with E-state index in [1.54, 1.807) is 25.1 Å². The molecule has 0 aliphatic carbocycles. The Kier molecular flexibility index (Phi) is 3.96. The quantitative estimate of drug-likeness (QED) is 0.512. The molecule has 1 aromatic carbocycles. The molecule has 1 aromatic heterocycles. The molecule has 0 saturated carbocycles. The van der Waals surface area contributed by atoms with Crippen LogP contribution in [0.5, 0.6) is 0 Å². The molecule has 2 rings (SSSR count). The summed E-state index contributed by atoms with van der Waals surface area (Å²) < 4.78 is 0.836. The molecule has 0 aliphatic heterocycles. The number of halogens is 1. The number of hydrogen-bond donors (Lipinski definition) is 2. The van der Waals surface area contributed by atoms with Crippen LogP contribution in [0.3, 0.4) is 0 Å². The van der Waals surface area contributed by atoms with E-state index >= 15 is 0 Å². The van der Waals surface area contributed by atoms with E-state index in [9.17, 15) is 15.2 Å². The maximum absolute atomic E-state index is 11.0. The first-order valence-electron chi connectivity index (χ1n) is 5.70. The van der Waals surface area contributed by atoms with E-state index in [1.165, 1.54) is 6.20 Å². The molecule has 1 atom stereocenters. The Bertz CT molecular complexity index is 633. The number of rotatable bonds is 4. The summed E-state index contributed by atoms with van der Waals surface area (Å²) >= 11 is 3.33. The fraction of sp³-hybridized carbons (Fsp3) is 0.250. The highest BCUT2D eigenvalue weighted by Gasteiger charge is 2.19. The van der Waals surface area contributed by atoms with Crippen LogP contribution in [0.4, 0.5) is 11.4 Å². The van der Waals surface area contributed by atoms with Crippen molar-refractivity contribution in [1.82, 2.24) is 4.98 Å². The molecule has 0 aliphatic rings. The monoisotopic (exact) mass is 325 g/mol. The van der Waals surface area contributed by atoms with Gasteiger partial charge in [0.25, 0.3) is 0 Å². The van der Waals surface area contributed by atoms with Gasteiger partial charge in [0, 0.05) is 9.86 Å². The van der Waals surface area contributed by atoms with Gasteiger partial charge in [-0.05, 0) is 24.6 Å². The molecule has 0 amide bonds. The second-order valence-electron chi connectivity index (χ2n) is 4.01. The second-order valence-corrected chi connectivity index (χ2v) is 4.92. The zero-order chi connectivity index (χ0) is 14.0. The van der Waals surface area contributed by atoms with Gasteiger partial charge in [-0.3, -0.25) is 10.1 Å². The van der Waals surface area contributed by atoms with Crippen LogP contribution in [-0.4, -0.2) is 21.2 Å². The maximum Gasteiger partial charge on any atom is 0.311 e. The highest BCUT2D eigenvalue weighted by molar-refractivity contribution is 9.10. The molecule has 100 valence electrons. The van der Waals surface area contributed by atoms with Crippen LogP contribution >= 0.6 is 15.9 Å². The zero-order valence-corrected chi connectivity index (χ0v) is 11.7. The van der Waals surface area contributed by atoms with E-state index in [0.717, 1.165) is 4.47 Å². The number of fused-ring (bicyclic) bond motifs is 1. The fourth-order valence-electron chi connectivity index (χ4n) is 1.72. The lowest BCUT2D eigenvalue weighted by Crippen LogP contribution is -2.18. The molecular weight excluding hydrogens is 314 g/mol. The van der Waals surface area contributed by atoms with Crippen molar-refractivity contribution < 1.29 is 10.0 Å². The van der Waals surface area contributed by atoms with E-state index in [4.69, 9.17) is 0 Å². The first-order chi connectivity index (χ1) is 9.02. The number of aliphatic hydroxyl groups excluding tert-OH is 1. The lowest BCUT2D eigenvalue weighted by atomic mass is 10.1. The molecule has 0 spiro atoms. The third-order valence-electron chi connectivity index (χ3n) is 2.71. The number of anilines is 1. The number of aliphatic hydroxyl groups is 1. The minimum atomic E-state index is -0.840. The Morgan fingerprint density at radius 1 is 1.58 bits per heavy atom. The minimum Gasteiger partial charge on any atom is -0.374 e. The summed E-state index contributed by atoms with van der Waals surface area (Å²) in [7, 11) is 0. The van der Waals surface area contributed by atoms with Crippen molar-refractivity contribution in [3.05, 3.63) is 39.0 Å². The summed E-state index contributed by atoms with van der Waals surface area (Å²) in [6.45, 7) is 1.78. The molecule has 0 bridgehead atoms. The normalized spacial score (nSPS) is 12.4. The Balaban J connectivity index is 2.65. The van der Waals surface area contributed by atoms with Crippen LogP contribution in [0, 0.1) is 10.1 Å². The number of pyridine rings is 1. The SMILES string of the molecule is CCC(O)Nc1c([N+](=O)[O-])cnc2cc(Br)ccc12. The Morgan fingerprint density at radius 2 is 2.32 bits per heavy atom. The average molecular weight is 326 g/mol. The molecule has 2 N–H and O–H groups in total. The van der Waals surface area contributed by atoms with E-state index in [-0.39, 0.29) is 11.4 Å². The largest absolute Gasteiger partial charge is 0.374 e. The van der Waals surface area contributed by atoms with Gasteiger partial charge < -0.3 is 10.4 Å². The van der Waals surface area contributed by atoms with E-state index < -0.39 is 11.2 Å². The maximum atomic E-state index is 11.0. The van der Waals surface area contributed by atoms with Gasteiger partial charge >= 0.3 is 5.69 Å². The number of nitro groups is 1. The van der Waals surface area contributed by atoms with Crippen LogP contribution in [-0.2, 0) is 0 Å². The number of nitrogens with one attached hydrogen (secondary N) is 1. The molecule has 2 aromatic rings. The molecular formula is C12H12BrN3O3. The van der Waals surface area contributed by atoms with Gasteiger partial charge in [0.2, 0.25) is 0 Å². The van der Waals surface area contributed by atoms with E-state index in [0.29, 0.717) is 17.3 Å². The van der Waals surface area contributed by atoms with Crippen LogP contribution in [0.1, 0.15) is 13.3 Å². The third kappa shape index (κ3) is 2.82. The predicted octanol–water partition coefficient (Wildman–Crippen LogP) is 3.05. The van der Waals surface area contributed by atoms with Crippen LogP contribution in [0.2, 0.25) is 0 Å². The van der Waals surface area contributed by atoms with E-state index in [1.807, 2.05) is 0 Å². The molecule has 19 heavy (non-hydrogen) atoms. The van der Waals surface area contributed by atoms with Gasteiger partial charge in [-0.25, -0.2) is 4.98 Å². The molecule has 7 heteroatoms. The summed E-state index contributed by atoms with van der Waals surface area (Å²) in [6.07, 6.45) is 0.796. The van der Waals surface area contributed by atoms with Crippen LogP contribution in [0.25, 0.3) is 10.9 Å². The van der Waals surface area contributed by atoms with Crippen molar-refractivity contribution >= 4 is 38.2 Å². The second kappa shape index (κ2) is 5.50. The van der Waals surface area contributed by atoms with Crippen molar-refractivity contribution in [3.63, 3.8) is 0 Å². The highest BCUT2D eigenvalue weighted by atomic mass is 79.9. The Hall–Kier alpha value is -1.73. The first kappa shape index (κ1) is 13.7. The third-order valence-corrected chi connectivity index (χ3v) is 3.20. The Labute approximate surface area is 117 Å². The lowest BCUT2D eigenvalue weighted by Gasteiger charge is -2.14. The lowest BCUT2D eigenvalue weighted by molar-refractivity contribution is -0.384. The number of nitrogens with zero attached hydrogens (tertiary/aromatic N) is 2. The fourth-order valence-corrected chi connectivity index (χ4v) is 2.06. The summed E-state index contributed by atoms with van der Waals surface area (Å²) in [5.74, 6) is 0. The smallest absolute Gasteiger partial charge is 0.311 e. The topological polar surface area (TPSA) is 88.3 Å². The first-order valence-corrected chi connectivity index (χ1v) is 6.49. The van der Waals surface area contributed by atoms with Gasteiger partial charge in [0.05, 0.1) is 10.4 Å². The highest BCUT2D eigenvalue weighted by Crippen LogP contribution is 2.33. The van der Waals surface area contributed by atoms with Gasteiger partial charge in [-0.15, -0.1) is 0 Å². The van der Waals surface area contributed by atoms with Gasteiger partial charge in [0.15, 0.2) is 0 Å². The summed E-state index contributed by atoms with van der Waals surface area (Å²) in [6, 6.07) is 5.27. The Morgan fingerprint density at radius 3 is 2.95 bits per heavy atom. The molecule has 0 fully saturated rings. The molecule has 1 unspecified atom stereocenters. The zero-order valence-electron chi connectivity index (χ0n) is 10.1. The minimum absolute atomic E-state index is 0.151. The van der Waals surface area contributed by atoms with Crippen molar-refractivity contribution in [2.45, 2.75) is 19.6 Å². The van der Waals surface area contributed by atoms with E-state index in [2.05, 4.69) is 26.2 Å². The average Bonchev–Trinajstić information content (AvgIpc) is 2.38. The summed E-state index contributed by atoms with van der Waals surface area (Å²) in [5.41, 5.74) is 0.755. The van der Waals surface area contributed by atoms with Gasteiger partial charge in [0.1, 0.15) is 18.1 Å². The summed E-state index contributed by atoms with van der Waals surface area (Å²) in [5, 5.41) is 24.1. The molecule has 0 radical (unpaired) electrons. The predicted molar refractivity (Wildman–Crippen MR) is 76.0 cm³/mol. The van der Waals surface area contributed by atoms with Crippen molar-refractivity contribution in [2.24, 2.45) is 0 Å². The summed E-state index contributed by atoms with van der Waals surface area (Å²) in [4.78, 5) is 14.6. The van der Waals surface area contributed by atoms with Crippen LogP contribution in [0.15, 0.2) is 28.9 Å². The van der Waals surface area contributed by atoms with Gasteiger partial charge in [-0.1, -0.05) is 22.9 Å². The standard InChI is InChI=1S/C12H12BrN3O3/c1-2-11(17)15-12-8-4-3-7(13)5-9(8)14-6-10(12)16(18)19/h3-6,11,17H,2H2,1H3,(H,14,15). The van der Waals surface area contributed by atoms with Crippen molar-refractivity contribution in [1.29, 1.82) is 0 Å². The molecule has 1 heterocycles. The van der Waals surface area contributed by atoms with Crippen LogP contribution < -0.4 is 5.32 Å². The van der Waals surface area contributed by atoms with Crippen molar-refractivity contribution in [3.8, 4) is 0 Å².